The van der Waals surface area contributed by atoms with Gasteiger partial charge in [0.25, 0.3) is 0 Å². The van der Waals surface area contributed by atoms with Crippen LogP contribution in [-0.2, 0) is 5.75 Å². The minimum absolute atomic E-state index is 0.405. The number of hydrogen-bond donors (Lipinski definition) is 0. The number of benzene rings is 2. The summed E-state index contributed by atoms with van der Waals surface area (Å²) in [6, 6.07) is 12.5. The number of hydrogen-bond acceptors (Lipinski definition) is 4. The van der Waals surface area contributed by atoms with Crippen molar-refractivity contribution in [2.24, 2.45) is 0 Å². The van der Waals surface area contributed by atoms with Crippen molar-refractivity contribution >= 4 is 23.4 Å². The van der Waals surface area contributed by atoms with E-state index in [1.165, 1.54) is 23.9 Å². The lowest BCUT2D eigenvalue weighted by atomic mass is 10.2. The van der Waals surface area contributed by atoms with Gasteiger partial charge in [-0.15, -0.1) is 0 Å². The number of rotatable bonds is 5. The Bertz CT molecular complexity index is 891. The Balaban J connectivity index is 1.72. The lowest BCUT2D eigenvalue weighted by Gasteiger charge is -2.08. The average molecular weight is 379 g/mol. The van der Waals surface area contributed by atoms with Gasteiger partial charge in [0.05, 0.1) is 0 Å². The highest BCUT2D eigenvalue weighted by Crippen LogP contribution is 2.26. The van der Waals surface area contributed by atoms with Crippen molar-refractivity contribution < 1.29 is 13.5 Å². The first-order valence-electron chi connectivity index (χ1n) is 7.35. The van der Waals surface area contributed by atoms with Crippen molar-refractivity contribution in [3.8, 4) is 11.6 Å². The molecule has 0 aliphatic rings. The largest absolute Gasteiger partial charge is 0.439 e. The zero-order valence-corrected chi connectivity index (χ0v) is 14.7. The number of aromatic nitrogens is 2. The molecule has 0 amide bonds. The normalized spacial score (nSPS) is 10.7. The third-order valence-electron chi connectivity index (χ3n) is 3.20. The molecule has 0 atom stereocenters. The Labute approximate surface area is 153 Å². The van der Waals surface area contributed by atoms with Crippen LogP contribution in [0.4, 0.5) is 8.78 Å². The summed E-state index contributed by atoms with van der Waals surface area (Å²) >= 11 is 7.17. The van der Waals surface area contributed by atoms with Crippen LogP contribution < -0.4 is 4.74 Å². The van der Waals surface area contributed by atoms with Crippen molar-refractivity contribution in [2.45, 2.75) is 17.8 Å². The zero-order valence-electron chi connectivity index (χ0n) is 13.2. The molecule has 0 aliphatic carbocycles. The summed E-state index contributed by atoms with van der Waals surface area (Å²) in [5.41, 5.74) is 1.39. The highest BCUT2D eigenvalue weighted by Gasteiger charge is 2.08. The lowest BCUT2D eigenvalue weighted by molar-refractivity contribution is 0.454. The second kappa shape index (κ2) is 7.80. The summed E-state index contributed by atoms with van der Waals surface area (Å²) in [5, 5.41) is 1.11. The van der Waals surface area contributed by atoms with Gasteiger partial charge < -0.3 is 4.74 Å². The number of halogens is 3. The van der Waals surface area contributed by atoms with E-state index < -0.39 is 11.6 Å². The van der Waals surface area contributed by atoms with Crippen LogP contribution in [0.15, 0.2) is 53.7 Å². The number of aryl methyl sites for hydroxylation is 1. The first-order chi connectivity index (χ1) is 12.0. The zero-order chi connectivity index (χ0) is 17.8. The summed E-state index contributed by atoms with van der Waals surface area (Å²) in [5.74, 6) is -0.294. The third-order valence-corrected chi connectivity index (χ3v) is 4.37. The molecule has 0 saturated heterocycles. The van der Waals surface area contributed by atoms with E-state index in [4.69, 9.17) is 16.3 Å². The van der Waals surface area contributed by atoms with Gasteiger partial charge >= 0.3 is 0 Å². The average Bonchev–Trinajstić information content (AvgIpc) is 2.58. The van der Waals surface area contributed by atoms with Crippen LogP contribution in [0.2, 0.25) is 5.02 Å². The van der Waals surface area contributed by atoms with Crippen LogP contribution in [0.5, 0.6) is 11.6 Å². The van der Waals surface area contributed by atoms with Crippen LogP contribution in [0.25, 0.3) is 0 Å². The molecule has 2 aromatic carbocycles. The van der Waals surface area contributed by atoms with E-state index in [1.54, 1.807) is 30.3 Å². The molecular weight excluding hydrogens is 366 g/mol. The summed E-state index contributed by atoms with van der Waals surface area (Å²) in [6.45, 7) is 1.83. The van der Waals surface area contributed by atoms with E-state index in [0.717, 1.165) is 11.8 Å². The Morgan fingerprint density at radius 2 is 1.76 bits per heavy atom. The van der Waals surface area contributed by atoms with Gasteiger partial charge in [0.1, 0.15) is 5.75 Å². The molecule has 25 heavy (non-hydrogen) atoms. The summed E-state index contributed by atoms with van der Waals surface area (Å²) in [4.78, 5) is 8.66. The molecule has 0 bridgehead atoms. The minimum atomic E-state index is -0.866. The molecule has 0 unspecified atom stereocenters. The first-order valence-corrected chi connectivity index (χ1v) is 8.72. The van der Waals surface area contributed by atoms with Crippen molar-refractivity contribution in [1.82, 2.24) is 9.97 Å². The van der Waals surface area contributed by atoms with Crippen molar-refractivity contribution in [3.63, 3.8) is 0 Å². The SMILES string of the molecule is Cc1cc(Oc2ccc(Cl)cc2)nc(SCc2ccc(F)c(F)c2)n1. The Kier molecular flexibility index (Phi) is 5.50. The van der Waals surface area contributed by atoms with Crippen molar-refractivity contribution in [3.05, 3.63) is 76.4 Å². The summed E-state index contributed by atoms with van der Waals surface area (Å²) in [6.07, 6.45) is 0. The van der Waals surface area contributed by atoms with Gasteiger partial charge in [-0.3, -0.25) is 0 Å². The Hall–Kier alpha value is -2.18. The Morgan fingerprint density at radius 3 is 2.48 bits per heavy atom. The molecule has 0 aliphatic heterocycles. The number of ether oxygens (including phenoxy) is 1. The van der Waals surface area contributed by atoms with Crippen LogP contribution in [0, 0.1) is 18.6 Å². The van der Waals surface area contributed by atoms with Gasteiger partial charge in [-0.05, 0) is 48.9 Å². The standard InChI is InChI=1S/C18H13ClF2N2OS/c1-11-8-17(24-14-5-3-13(19)4-6-14)23-18(22-11)25-10-12-2-7-15(20)16(21)9-12/h2-9H,10H2,1H3. The van der Waals surface area contributed by atoms with Gasteiger partial charge in [0.2, 0.25) is 5.88 Å². The summed E-state index contributed by atoms with van der Waals surface area (Å²) in [7, 11) is 0. The van der Waals surface area contributed by atoms with Gasteiger partial charge in [-0.25, -0.2) is 13.8 Å². The van der Waals surface area contributed by atoms with E-state index in [9.17, 15) is 8.78 Å². The van der Waals surface area contributed by atoms with E-state index in [-0.39, 0.29) is 0 Å². The van der Waals surface area contributed by atoms with E-state index in [0.29, 0.717) is 33.1 Å². The molecular formula is C18H13ClF2N2OS. The molecule has 0 radical (unpaired) electrons. The predicted molar refractivity (Wildman–Crippen MR) is 94.2 cm³/mol. The second-order valence-electron chi connectivity index (χ2n) is 5.22. The molecule has 0 N–H and O–H groups in total. The van der Waals surface area contributed by atoms with Gasteiger partial charge in [0.15, 0.2) is 16.8 Å². The summed E-state index contributed by atoms with van der Waals surface area (Å²) < 4.78 is 31.9. The maximum atomic E-state index is 13.3. The van der Waals surface area contributed by atoms with Gasteiger partial charge in [-0.2, -0.15) is 4.98 Å². The molecule has 0 saturated carbocycles. The number of nitrogens with zero attached hydrogens (tertiary/aromatic N) is 2. The topological polar surface area (TPSA) is 35.0 Å². The Morgan fingerprint density at radius 1 is 1.00 bits per heavy atom. The molecule has 3 nitrogen and oxygen atoms in total. The number of thioether (sulfide) groups is 1. The quantitative estimate of drug-likeness (QED) is 0.415. The molecule has 1 heterocycles. The fourth-order valence-electron chi connectivity index (χ4n) is 2.03. The molecule has 0 fully saturated rings. The molecule has 1 aromatic heterocycles. The maximum Gasteiger partial charge on any atom is 0.223 e. The van der Waals surface area contributed by atoms with Crippen molar-refractivity contribution in [2.75, 3.05) is 0 Å². The second-order valence-corrected chi connectivity index (χ2v) is 6.60. The van der Waals surface area contributed by atoms with E-state index in [2.05, 4.69) is 9.97 Å². The van der Waals surface area contributed by atoms with Crippen LogP contribution in [0.3, 0.4) is 0 Å². The van der Waals surface area contributed by atoms with Crippen molar-refractivity contribution in [1.29, 1.82) is 0 Å². The maximum absolute atomic E-state index is 13.3. The minimum Gasteiger partial charge on any atom is -0.439 e. The van der Waals surface area contributed by atoms with Crippen LogP contribution >= 0.6 is 23.4 Å². The highest BCUT2D eigenvalue weighted by atomic mass is 35.5. The van der Waals surface area contributed by atoms with Gasteiger partial charge in [-0.1, -0.05) is 29.4 Å². The van der Waals surface area contributed by atoms with Crippen LogP contribution in [-0.4, -0.2) is 9.97 Å². The highest BCUT2D eigenvalue weighted by molar-refractivity contribution is 7.98. The lowest BCUT2D eigenvalue weighted by Crippen LogP contribution is -1.95. The first kappa shape index (κ1) is 17.6. The van der Waals surface area contributed by atoms with E-state index >= 15 is 0 Å². The molecule has 128 valence electrons. The monoisotopic (exact) mass is 378 g/mol. The van der Waals surface area contributed by atoms with Gasteiger partial charge in [0, 0.05) is 22.5 Å². The molecule has 0 spiro atoms. The fourth-order valence-corrected chi connectivity index (χ4v) is 3.00. The molecule has 3 rings (SSSR count). The van der Waals surface area contributed by atoms with E-state index in [1.807, 2.05) is 6.92 Å². The smallest absolute Gasteiger partial charge is 0.223 e. The van der Waals surface area contributed by atoms with Crippen LogP contribution in [0.1, 0.15) is 11.3 Å². The molecule has 7 heteroatoms. The molecule has 3 aromatic rings. The predicted octanol–water partition coefficient (Wildman–Crippen LogP) is 5.80. The third kappa shape index (κ3) is 4.90. The fraction of sp³-hybridized carbons (Fsp3) is 0.111.